The number of thiophene rings is 1. The van der Waals surface area contributed by atoms with Crippen LogP contribution in [0.1, 0.15) is 81.9 Å². The Balaban J connectivity index is 1.39. The van der Waals surface area contributed by atoms with Gasteiger partial charge in [-0.1, -0.05) is 31.4 Å². The topological polar surface area (TPSA) is 91.9 Å². The van der Waals surface area contributed by atoms with Crippen molar-refractivity contribution in [3.8, 4) is 11.3 Å². The molecule has 1 aromatic carbocycles. The van der Waals surface area contributed by atoms with E-state index < -0.39 is 5.97 Å². The zero-order chi connectivity index (χ0) is 23.5. The Hall–Kier alpha value is -3.19. The number of hydrogen-bond acceptors (Lipinski definition) is 5. The van der Waals surface area contributed by atoms with Gasteiger partial charge < -0.3 is 14.8 Å². The van der Waals surface area contributed by atoms with Gasteiger partial charge in [-0.25, -0.2) is 9.79 Å². The summed E-state index contributed by atoms with van der Waals surface area (Å²) in [6.07, 6.45) is 11.5. The molecule has 2 N–H and O–H groups in total. The first-order chi connectivity index (χ1) is 16.6. The molecule has 0 unspecified atom stereocenters. The van der Waals surface area contributed by atoms with Gasteiger partial charge in [0.25, 0.3) is 5.91 Å². The lowest BCUT2D eigenvalue weighted by Crippen LogP contribution is -2.36. The molecule has 1 saturated carbocycles. The lowest BCUT2D eigenvalue weighted by atomic mass is 9.93. The zero-order valence-electron chi connectivity index (χ0n) is 19.0. The maximum Gasteiger partial charge on any atom is 0.335 e. The van der Waals surface area contributed by atoms with Crippen LogP contribution in [-0.2, 0) is 12.8 Å². The molecule has 1 amide bonds. The van der Waals surface area contributed by atoms with Crippen LogP contribution in [0.5, 0.6) is 0 Å². The van der Waals surface area contributed by atoms with Crippen LogP contribution in [0, 0.1) is 0 Å². The lowest BCUT2D eigenvalue weighted by Gasteiger charge is -2.23. The summed E-state index contributed by atoms with van der Waals surface area (Å²) in [6, 6.07) is 10.5. The number of rotatable bonds is 6. The monoisotopic (exact) mass is 476 g/mol. The van der Waals surface area contributed by atoms with Gasteiger partial charge in [0.05, 0.1) is 17.3 Å². The number of amides is 1. The number of fused-ring (bicyclic) bond motifs is 1. The Bertz CT molecular complexity index is 1230. The van der Waals surface area contributed by atoms with E-state index in [2.05, 4.69) is 5.32 Å². The molecular formula is C27H28N2O4S. The van der Waals surface area contributed by atoms with Crippen LogP contribution in [0.3, 0.4) is 0 Å². The minimum Gasteiger partial charge on any atom is -0.478 e. The largest absolute Gasteiger partial charge is 0.478 e. The second-order valence-electron chi connectivity index (χ2n) is 9.05. The first-order valence-corrected chi connectivity index (χ1v) is 12.8. The average molecular weight is 477 g/mol. The molecule has 2 aliphatic rings. The quantitative estimate of drug-likeness (QED) is 0.403. The summed E-state index contributed by atoms with van der Waals surface area (Å²) >= 11 is 1.61. The molecule has 34 heavy (non-hydrogen) atoms. The summed E-state index contributed by atoms with van der Waals surface area (Å²) in [5.74, 6) is 0.158. The summed E-state index contributed by atoms with van der Waals surface area (Å²) < 4.78 is 5.91. The highest BCUT2D eigenvalue weighted by molar-refractivity contribution is 7.16. The van der Waals surface area contributed by atoms with E-state index in [1.807, 2.05) is 12.1 Å². The van der Waals surface area contributed by atoms with Gasteiger partial charge in [0.2, 0.25) is 0 Å². The smallest absolute Gasteiger partial charge is 0.335 e. The minimum atomic E-state index is -0.976. The first kappa shape index (κ1) is 22.6. The van der Waals surface area contributed by atoms with Crippen LogP contribution >= 0.6 is 11.3 Å². The van der Waals surface area contributed by atoms with Crippen LogP contribution in [0.25, 0.3) is 11.3 Å². The van der Waals surface area contributed by atoms with Gasteiger partial charge in [-0.05, 0) is 68.4 Å². The number of aryl methyl sites for hydroxylation is 1. The molecule has 0 bridgehead atoms. The first-order valence-electron chi connectivity index (χ1n) is 12.0. The van der Waals surface area contributed by atoms with E-state index in [1.165, 1.54) is 29.7 Å². The molecule has 3 aromatic rings. The van der Waals surface area contributed by atoms with E-state index in [4.69, 9.17) is 9.41 Å². The molecule has 2 aliphatic carbocycles. The number of carbonyl (C=O) groups is 2. The van der Waals surface area contributed by atoms with Gasteiger partial charge in [0, 0.05) is 16.5 Å². The van der Waals surface area contributed by atoms with Gasteiger partial charge in [0.1, 0.15) is 16.5 Å². The van der Waals surface area contributed by atoms with E-state index >= 15 is 0 Å². The molecule has 7 heteroatoms. The van der Waals surface area contributed by atoms with Crippen molar-refractivity contribution >= 4 is 34.4 Å². The van der Waals surface area contributed by atoms with Gasteiger partial charge in [-0.15, -0.1) is 11.3 Å². The maximum absolute atomic E-state index is 13.3. The summed E-state index contributed by atoms with van der Waals surface area (Å²) in [4.78, 5) is 30.5. The van der Waals surface area contributed by atoms with Crippen molar-refractivity contribution in [2.45, 2.75) is 63.8 Å². The molecule has 176 valence electrons. The number of carboxylic acid groups (broad SMARTS) is 1. The Kier molecular flexibility index (Phi) is 6.63. The van der Waals surface area contributed by atoms with E-state index in [-0.39, 0.29) is 17.5 Å². The molecule has 0 spiro atoms. The summed E-state index contributed by atoms with van der Waals surface area (Å²) in [6.45, 7) is 0. The van der Waals surface area contributed by atoms with E-state index in [0.29, 0.717) is 17.1 Å². The van der Waals surface area contributed by atoms with Crippen LogP contribution in [-0.4, -0.2) is 29.2 Å². The molecule has 0 aliphatic heterocycles. The third-order valence-corrected chi connectivity index (χ3v) is 7.85. The molecule has 2 heterocycles. The number of nitrogens with zero attached hydrogens (tertiary/aromatic N) is 1. The van der Waals surface area contributed by atoms with Crippen LogP contribution in [0.4, 0.5) is 5.00 Å². The van der Waals surface area contributed by atoms with Gasteiger partial charge in [-0.2, -0.15) is 0 Å². The average Bonchev–Trinajstić information content (AvgIpc) is 3.48. The van der Waals surface area contributed by atoms with Gasteiger partial charge >= 0.3 is 5.97 Å². The molecule has 0 saturated heterocycles. The fourth-order valence-corrected chi connectivity index (χ4v) is 6.12. The zero-order valence-corrected chi connectivity index (χ0v) is 19.8. The standard InChI is InChI=1S/C27H28N2O4S/c30-25(29-19-9-2-1-3-10-19)24-21-11-4-5-12-23(21)34-26(24)28-16-20-13-14-22(33-20)17-7-6-8-18(15-17)27(31)32/h6-8,13-16,19H,1-5,9-12H2,(H,29,30)(H,31,32)/b28-16-. The van der Waals surface area contributed by atoms with Crippen molar-refractivity contribution < 1.29 is 19.1 Å². The van der Waals surface area contributed by atoms with E-state index in [9.17, 15) is 14.7 Å². The van der Waals surface area contributed by atoms with Crippen molar-refractivity contribution in [1.29, 1.82) is 0 Å². The molecular weight excluding hydrogens is 448 g/mol. The molecule has 0 atom stereocenters. The van der Waals surface area contributed by atoms with Crippen LogP contribution in [0.15, 0.2) is 45.8 Å². The number of hydrogen-bond donors (Lipinski definition) is 2. The fourth-order valence-electron chi connectivity index (χ4n) is 4.89. The number of carbonyl (C=O) groups excluding carboxylic acids is 1. The molecule has 6 nitrogen and oxygen atoms in total. The number of aliphatic imine (C=N–C) groups is 1. The lowest BCUT2D eigenvalue weighted by molar-refractivity contribution is 0.0696. The van der Waals surface area contributed by atoms with Crippen molar-refractivity contribution in [1.82, 2.24) is 5.32 Å². The van der Waals surface area contributed by atoms with Crippen molar-refractivity contribution in [3.63, 3.8) is 0 Å². The Morgan fingerprint density at radius 3 is 2.71 bits per heavy atom. The maximum atomic E-state index is 13.3. The van der Waals surface area contributed by atoms with E-state index in [0.717, 1.165) is 49.1 Å². The van der Waals surface area contributed by atoms with E-state index in [1.54, 1.807) is 41.8 Å². The summed E-state index contributed by atoms with van der Waals surface area (Å²) in [5, 5.41) is 13.2. The van der Waals surface area contributed by atoms with Crippen LogP contribution < -0.4 is 5.32 Å². The number of furan rings is 1. The summed E-state index contributed by atoms with van der Waals surface area (Å²) in [7, 11) is 0. The third-order valence-electron chi connectivity index (χ3n) is 6.65. The van der Waals surface area contributed by atoms with Gasteiger partial charge in [0.15, 0.2) is 0 Å². The number of nitrogens with one attached hydrogen (secondary N) is 1. The van der Waals surface area contributed by atoms with Crippen molar-refractivity contribution in [2.75, 3.05) is 0 Å². The van der Waals surface area contributed by atoms with Gasteiger partial charge in [-0.3, -0.25) is 4.79 Å². The number of benzene rings is 1. The second kappa shape index (κ2) is 9.97. The summed E-state index contributed by atoms with van der Waals surface area (Å²) in [5.41, 5.74) is 2.81. The predicted octanol–water partition coefficient (Wildman–Crippen LogP) is 6.40. The third kappa shape index (κ3) is 4.85. The number of carboxylic acids is 1. The highest BCUT2D eigenvalue weighted by atomic mass is 32.1. The molecule has 1 fully saturated rings. The highest BCUT2D eigenvalue weighted by Gasteiger charge is 2.27. The molecule has 0 radical (unpaired) electrons. The normalized spacial score (nSPS) is 16.5. The molecule has 5 rings (SSSR count). The predicted molar refractivity (Wildman–Crippen MR) is 134 cm³/mol. The fraction of sp³-hybridized carbons (Fsp3) is 0.370. The Labute approximate surface area is 202 Å². The van der Waals surface area contributed by atoms with Crippen LogP contribution in [0.2, 0.25) is 0 Å². The second-order valence-corrected chi connectivity index (χ2v) is 10.1. The van der Waals surface area contributed by atoms with Crippen molar-refractivity contribution in [2.24, 2.45) is 4.99 Å². The molecule has 2 aromatic heterocycles. The minimum absolute atomic E-state index is 0.00377. The Morgan fingerprint density at radius 2 is 1.88 bits per heavy atom. The van der Waals surface area contributed by atoms with Crippen molar-refractivity contribution in [3.05, 3.63) is 63.7 Å². The number of aromatic carboxylic acids is 1. The SMILES string of the molecule is O=C(O)c1cccc(-c2ccc(/C=N\c3sc4c(c3C(=O)NC3CCCCC3)CCCC4)o2)c1. The highest BCUT2D eigenvalue weighted by Crippen LogP contribution is 2.40. The Morgan fingerprint density at radius 1 is 1.06 bits per heavy atom.